The highest BCUT2D eigenvalue weighted by Crippen LogP contribution is 2.30. The second-order valence-electron chi connectivity index (χ2n) is 7.51. The number of nitrogens with zero attached hydrogens (tertiary/aromatic N) is 2. The van der Waals surface area contributed by atoms with Crippen molar-refractivity contribution in [3.8, 4) is 11.6 Å². The van der Waals surface area contributed by atoms with E-state index in [1.54, 1.807) is 6.92 Å². The Morgan fingerprint density at radius 1 is 1.23 bits per heavy atom. The second kappa shape index (κ2) is 9.98. The molecule has 0 saturated carbocycles. The number of fused-ring (bicyclic) bond motifs is 1. The molecule has 0 aliphatic carbocycles. The van der Waals surface area contributed by atoms with Crippen LogP contribution in [0.15, 0.2) is 35.1 Å². The van der Waals surface area contributed by atoms with Crippen LogP contribution in [0.4, 0.5) is 13.2 Å². The normalized spacial score (nSPS) is 13.0. The van der Waals surface area contributed by atoms with Gasteiger partial charge in [-0.25, -0.2) is 23.0 Å². The van der Waals surface area contributed by atoms with E-state index in [-0.39, 0.29) is 34.8 Å². The van der Waals surface area contributed by atoms with Gasteiger partial charge in [0.2, 0.25) is 0 Å². The topological polar surface area (TPSA) is 130 Å². The van der Waals surface area contributed by atoms with E-state index >= 15 is 0 Å². The van der Waals surface area contributed by atoms with Crippen molar-refractivity contribution in [2.24, 2.45) is 0 Å². The first-order valence-corrected chi connectivity index (χ1v) is 12.2. The number of rotatable bonds is 9. The number of hydrogen-bond donors (Lipinski definition) is 1. The number of benzene rings is 1. The summed E-state index contributed by atoms with van der Waals surface area (Å²) in [7, 11) is -2.22. The molecule has 0 amide bonds. The van der Waals surface area contributed by atoms with Crippen molar-refractivity contribution < 1.29 is 40.6 Å². The average Bonchev–Trinajstić information content (AvgIpc) is 3.09. The van der Waals surface area contributed by atoms with Crippen molar-refractivity contribution in [3.05, 3.63) is 52.1 Å². The number of methoxy groups -OCH3 is 1. The molecule has 3 aromatic rings. The summed E-state index contributed by atoms with van der Waals surface area (Å²) in [6, 6.07) is 5.55. The number of nitrogens with one attached hydrogen (secondary N) is 1. The molecule has 0 radical (unpaired) electrons. The molecule has 0 fully saturated rings. The molecule has 1 aromatic carbocycles. The van der Waals surface area contributed by atoms with Crippen molar-refractivity contribution in [1.29, 1.82) is 0 Å². The van der Waals surface area contributed by atoms with E-state index in [0.29, 0.717) is 5.75 Å². The van der Waals surface area contributed by atoms with Crippen LogP contribution >= 0.6 is 0 Å². The Morgan fingerprint density at radius 3 is 2.54 bits per heavy atom. The summed E-state index contributed by atoms with van der Waals surface area (Å²) in [5.41, 5.74) is -0.461. The summed E-state index contributed by atoms with van der Waals surface area (Å²) in [6.07, 6.45) is -3.69. The summed E-state index contributed by atoms with van der Waals surface area (Å²) in [4.78, 5) is 31.7. The standard InChI is InChI=1S/C21H22F3N3O7S/c1-4-33-18-17(32-2)8-6-13(25-18)16(10-35(3,30)31)27-15-7-5-12(9-14(15)26-20(27)29)19(28)34-11-21(22,23)24/h5-9,16H,4,10-11H2,1-3H3,(H,26,29)/t16-/m1/s1. The third-order valence-corrected chi connectivity index (χ3v) is 5.70. The predicted octanol–water partition coefficient (Wildman–Crippen LogP) is 2.49. The monoisotopic (exact) mass is 517 g/mol. The van der Waals surface area contributed by atoms with Gasteiger partial charge in [0.05, 0.1) is 47.8 Å². The largest absolute Gasteiger partial charge is 0.491 e. The third-order valence-electron chi connectivity index (χ3n) is 4.78. The van der Waals surface area contributed by atoms with Crippen LogP contribution in [-0.2, 0) is 14.6 Å². The van der Waals surface area contributed by atoms with Gasteiger partial charge in [0.1, 0.15) is 9.84 Å². The molecule has 0 aliphatic heterocycles. The Labute approximate surface area is 197 Å². The maximum Gasteiger partial charge on any atom is 0.422 e. The minimum absolute atomic E-state index is 0.0912. The van der Waals surface area contributed by atoms with Crippen LogP contribution < -0.4 is 15.2 Å². The first-order valence-electron chi connectivity index (χ1n) is 10.2. The number of imidazole rings is 1. The maximum absolute atomic E-state index is 12.9. The molecular formula is C21H22F3N3O7S. The number of aromatic amines is 1. The molecule has 0 saturated heterocycles. The number of H-pyrrole nitrogens is 1. The highest BCUT2D eigenvalue weighted by atomic mass is 32.2. The minimum Gasteiger partial charge on any atom is -0.491 e. The first kappa shape index (κ1) is 26.1. The van der Waals surface area contributed by atoms with Crippen LogP contribution in [-0.4, -0.2) is 67.4 Å². The van der Waals surface area contributed by atoms with Gasteiger partial charge in [0.25, 0.3) is 5.88 Å². The number of carbonyl (C=O) groups is 1. The lowest BCUT2D eigenvalue weighted by Gasteiger charge is -2.19. The summed E-state index contributed by atoms with van der Waals surface area (Å²) in [5.74, 6) is -1.32. The Bertz CT molecular complexity index is 1400. The predicted molar refractivity (Wildman–Crippen MR) is 119 cm³/mol. The maximum atomic E-state index is 12.9. The quantitative estimate of drug-likeness (QED) is 0.429. The number of halogens is 3. The van der Waals surface area contributed by atoms with Crippen LogP contribution in [0.3, 0.4) is 0 Å². The number of aromatic nitrogens is 3. The smallest absolute Gasteiger partial charge is 0.422 e. The molecule has 0 bridgehead atoms. The zero-order valence-corrected chi connectivity index (χ0v) is 19.7. The Hall–Kier alpha value is -3.55. The number of pyridine rings is 1. The van der Waals surface area contributed by atoms with Gasteiger partial charge in [-0.05, 0) is 37.3 Å². The lowest BCUT2D eigenvalue weighted by molar-refractivity contribution is -0.161. The minimum atomic E-state index is -4.69. The summed E-state index contributed by atoms with van der Waals surface area (Å²) in [6.45, 7) is 0.218. The molecule has 35 heavy (non-hydrogen) atoms. The second-order valence-corrected chi connectivity index (χ2v) is 9.69. The summed E-state index contributed by atoms with van der Waals surface area (Å²) < 4.78 is 77.5. The summed E-state index contributed by atoms with van der Waals surface area (Å²) >= 11 is 0. The van der Waals surface area contributed by atoms with Gasteiger partial charge in [-0.3, -0.25) is 4.57 Å². The Balaban J connectivity index is 2.10. The van der Waals surface area contributed by atoms with Gasteiger partial charge in [-0.1, -0.05) is 0 Å². The lowest BCUT2D eigenvalue weighted by atomic mass is 10.1. The van der Waals surface area contributed by atoms with Crippen LogP contribution in [0.1, 0.15) is 29.0 Å². The first-order chi connectivity index (χ1) is 16.3. The molecule has 0 aliphatic rings. The van der Waals surface area contributed by atoms with Crippen LogP contribution in [0.25, 0.3) is 11.0 Å². The van der Waals surface area contributed by atoms with E-state index in [4.69, 9.17) is 9.47 Å². The number of esters is 1. The zero-order chi connectivity index (χ0) is 26.0. The van der Waals surface area contributed by atoms with Gasteiger partial charge in [-0.2, -0.15) is 13.2 Å². The molecule has 14 heteroatoms. The van der Waals surface area contributed by atoms with Crippen LogP contribution in [0.2, 0.25) is 0 Å². The van der Waals surface area contributed by atoms with E-state index in [1.807, 2.05) is 0 Å². The van der Waals surface area contributed by atoms with Gasteiger partial charge in [0.15, 0.2) is 12.4 Å². The molecule has 2 aromatic heterocycles. The van der Waals surface area contributed by atoms with Gasteiger partial charge < -0.3 is 19.2 Å². The van der Waals surface area contributed by atoms with E-state index in [1.165, 1.54) is 31.4 Å². The molecule has 0 unspecified atom stereocenters. The SMILES string of the molecule is CCOc1nc([C@@H](CS(C)(=O)=O)n2c(=O)[nH]c3cc(C(=O)OCC(F)(F)F)ccc32)ccc1OC. The number of sulfone groups is 1. The lowest BCUT2D eigenvalue weighted by Crippen LogP contribution is -2.29. The number of carbonyl (C=O) groups excluding carboxylic acids is 1. The van der Waals surface area contributed by atoms with Crippen molar-refractivity contribution in [3.63, 3.8) is 0 Å². The van der Waals surface area contributed by atoms with Crippen LogP contribution in [0, 0.1) is 0 Å². The molecule has 0 spiro atoms. The third kappa shape index (κ3) is 6.32. The fourth-order valence-corrected chi connectivity index (χ4v) is 4.29. The fourth-order valence-electron chi connectivity index (χ4n) is 3.40. The van der Waals surface area contributed by atoms with E-state index < -0.39 is 46.1 Å². The van der Waals surface area contributed by atoms with E-state index in [0.717, 1.165) is 16.9 Å². The van der Waals surface area contributed by atoms with E-state index in [2.05, 4.69) is 14.7 Å². The van der Waals surface area contributed by atoms with Gasteiger partial charge >= 0.3 is 17.8 Å². The molecule has 2 heterocycles. The number of ether oxygens (including phenoxy) is 3. The molecule has 1 N–H and O–H groups in total. The molecule has 190 valence electrons. The van der Waals surface area contributed by atoms with E-state index in [9.17, 15) is 31.2 Å². The zero-order valence-electron chi connectivity index (χ0n) is 18.9. The van der Waals surface area contributed by atoms with Gasteiger partial charge in [-0.15, -0.1) is 0 Å². The van der Waals surface area contributed by atoms with Crippen LogP contribution in [0.5, 0.6) is 11.6 Å². The number of alkyl halides is 3. The highest BCUT2D eigenvalue weighted by Gasteiger charge is 2.30. The van der Waals surface area contributed by atoms with Crippen molar-refractivity contribution >= 4 is 26.8 Å². The Kier molecular flexibility index (Phi) is 7.43. The average molecular weight is 517 g/mol. The fraction of sp³-hybridized carbons (Fsp3) is 0.381. The molecular weight excluding hydrogens is 495 g/mol. The van der Waals surface area contributed by atoms with Crippen molar-refractivity contribution in [1.82, 2.24) is 14.5 Å². The molecule has 1 atom stereocenters. The van der Waals surface area contributed by atoms with Crippen molar-refractivity contribution in [2.45, 2.75) is 19.1 Å². The molecule has 10 nitrogen and oxygen atoms in total. The van der Waals surface area contributed by atoms with Crippen molar-refractivity contribution in [2.75, 3.05) is 32.3 Å². The number of hydrogen-bond acceptors (Lipinski definition) is 8. The summed E-state index contributed by atoms with van der Waals surface area (Å²) in [5, 5.41) is 0. The highest BCUT2D eigenvalue weighted by molar-refractivity contribution is 7.90. The Morgan fingerprint density at radius 2 is 1.94 bits per heavy atom. The molecule has 3 rings (SSSR count). The van der Waals surface area contributed by atoms with Gasteiger partial charge in [0, 0.05) is 6.26 Å².